The van der Waals surface area contributed by atoms with Crippen LogP contribution in [0.25, 0.3) is 0 Å². The van der Waals surface area contributed by atoms with Gasteiger partial charge in [-0.25, -0.2) is 4.39 Å². The molecule has 0 N–H and O–H groups in total. The summed E-state index contributed by atoms with van der Waals surface area (Å²) >= 11 is 3.29. The van der Waals surface area contributed by atoms with Crippen molar-refractivity contribution in [2.24, 2.45) is 0 Å². The van der Waals surface area contributed by atoms with Gasteiger partial charge in [0.25, 0.3) is 0 Å². The largest absolute Gasteiger partial charge is 0.497 e. The lowest BCUT2D eigenvalue weighted by atomic mass is 10.2. The Morgan fingerprint density at radius 2 is 1.95 bits per heavy atom. The molecule has 2 aromatic carbocycles. The van der Waals surface area contributed by atoms with Crippen molar-refractivity contribution in [3.05, 3.63) is 59.4 Å². The molecule has 0 saturated carbocycles. The normalized spacial score (nSPS) is 10.3. The summed E-state index contributed by atoms with van der Waals surface area (Å²) in [6.45, 7) is 0.307. The average molecular weight is 325 g/mol. The second kappa shape index (κ2) is 6.57. The van der Waals surface area contributed by atoms with E-state index in [-0.39, 0.29) is 11.6 Å². The highest BCUT2D eigenvalue weighted by Gasteiger charge is 2.05. The van der Waals surface area contributed by atoms with E-state index in [0.717, 1.165) is 16.9 Å². The van der Waals surface area contributed by atoms with Gasteiger partial charge in [-0.05, 0) is 35.4 Å². The van der Waals surface area contributed by atoms with E-state index in [1.807, 2.05) is 30.3 Å². The highest BCUT2D eigenvalue weighted by atomic mass is 79.9. The van der Waals surface area contributed by atoms with Crippen LogP contribution >= 0.6 is 15.9 Å². The van der Waals surface area contributed by atoms with E-state index in [2.05, 4.69) is 15.9 Å². The third kappa shape index (κ3) is 3.70. The summed E-state index contributed by atoms with van der Waals surface area (Å²) < 4.78 is 24.3. The maximum atomic E-state index is 13.7. The fraction of sp³-hybridized carbons (Fsp3) is 0.200. The van der Waals surface area contributed by atoms with Gasteiger partial charge in [0, 0.05) is 5.33 Å². The first-order valence-electron chi connectivity index (χ1n) is 5.83. The summed E-state index contributed by atoms with van der Waals surface area (Å²) in [6.07, 6.45) is 0. The predicted molar refractivity (Wildman–Crippen MR) is 76.4 cm³/mol. The second-order valence-electron chi connectivity index (χ2n) is 4.04. The Balaban J connectivity index is 2.05. The maximum absolute atomic E-state index is 13.7. The van der Waals surface area contributed by atoms with Crippen molar-refractivity contribution in [3.63, 3.8) is 0 Å². The molecule has 2 aromatic rings. The van der Waals surface area contributed by atoms with Crippen molar-refractivity contribution < 1.29 is 13.9 Å². The van der Waals surface area contributed by atoms with Crippen LogP contribution < -0.4 is 9.47 Å². The van der Waals surface area contributed by atoms with E-state index in [0.29, 0.717) is 11.9 Å². The van der Waals surface area contributed by atoms with Crippen LogP contribution in [0.4, 0.5) is 4.39 Å². The third-order valence-corrected chi connectivity index (χ3v) is 3.33. The molecule has 4 heteroatoms. The van der Waals surface area contributed by atoms with Gasteiger partial charge in [-0.3, -0.25) is 0 Å². The molecule has 0 heterocycles. The van der Waals surface area contributed by atoms with Crippen LogP contribution in [0.5, 0.6) is 11.5 Å². The molecule has 0 spiro atoms. The molecule has 2 rings (SSSR count). The van der Waals surface area contributed by atoms with Crippen molar-refractivity contribution >= 4 is 15.9 Å². The first kappa shape index (κ1) is 13.9. The Morgan fingerprint density at radius 3 is 2.63 bits per heavy atom. The lowest BCUT2D eigenvalue weighted by Gasteiger charge is -2.09. The topological polar surface area (TPSA) is 18.5 Å². The van der Waals surface area contributed by atoms with Gasteiger partial charge in [0.1, 0.15) is 12.4 Å². The van der Waals surface area contributed by atoms with Crippen molar-refractivity contribution in [2.75, 3.05) is 7.11 Å². The molecular formula is C15H14BrFO2. The summed E-state index contributed by atoms with van der Waals surface area (Å²) in [6, 6.07) is 12.5. The predicted octanol–water partition coefficient (Wildman–Crippen LogP) is 4.31. The minimum Gasteiger partial charge on any atom is -0.497 e. The van der Waals surface area contributed by atoms with Crippen LogP contribution in [0.2, 0.25) is 0 Å². The van der Waals surface area contributed by atoms with Gasteiger partial charge in [-0.2, -0.15) is 0 Å². The molecular weight excluding hydrogens is 311 g/mol. The SMILES string of the molecule is COc1cccc(COc2ccc(CBr)cc2F)c1. The number of alkyl halides is 1. The van der Waals surface area contributed by atoms with E-state index in [1.165, 1.54) is 6.07 Å². The summed E-state index contributed by atoms with van der Waals surface area (Å²) in [4.78, 5) is 0. The summed E-state index contributed by atoms with van der Waals surface area (Å²) in [7, 11) is 1.61. The molecule has 0 aromatic heterocycles. The van der Waals surface area contributed by atoms with Crippen molar-refractivity contribution in [3.8, 4) is 11.5 Å². The Hall–Kier alpha value is -1.55. The lowest BCUT2D eigenvalue weighted by Crippen LogP contribution is -1.98. The van der Waals surface area contributed by atoms with Crippen LogP contribution in [-0.4, -0.2) is 7.11 Å². The molecule has 100 valence electrons. The summed E-state index contributed by atoms with van der Waals surface area (Å²) in [5.74, 6) is 0.670. The maximum Gasteiger partial charge on any atom is 0.165 e. The smallest absolute Gasteiger partial charge is 0.165 e. The molecule has 0 bridgehead atoms. The number of ether oxygens (including phenoxy) is 2. The number of hydrogen-bond donors (Lipinski definition) is 0. The van der Waals surface area contributed by atoms with Crippen molar-refractivity contribution in [1.82, 2.24) is 0 Å². The molecule has 0 radical (unpaired) electrons. The molecule has 0 aliphatic heterocycles. The molecule has 0 atom stereocenters. The fourth-order valence-electron chi connectivity index (χ4n) is 1.67. The Bertz CT molecular complexity index is 558. The Kier molecular flexibility index (Phi) is 4.80. The first-order valence-corrected chi connectivity index (χ1v) is 6.95. The molecule has 2 nitrogen and oxygen atoms in total. The van der Waals surface area contributed by atoms with E-state index < -0.39 is 0 Å². The molecule has 0 unspecified atom stereocenters. The van der Waals surface area contributed by atoms with Crippen molar-refractivity contribution in [1.29, 1.82) is 0 Å². The standard InChI is InChI=1S/C15H14BrFO2/c1-18-13-4-2-3-12(7-13)10-19-15-6-5-11(9-16)8-14(15)17/h2-8H,9-10H2,1H3. The fourth-order valence-corrected chi connectivity index (χ4v) is 2.02. The first-order chi connectivity index (χ1) is 9.22. The van der Waals surface area contributed by atoms with Gasteiger partial charge < -0.3 is 9.47 Å². The highest BCUT2D eigenvalue weighted by molar-refractivity contribution is 9.08. The van der Waals surface area contributed by atoms with E-state index in [4.69, 9.17) is 9.47 Å². The van der Waals surface area contributed by atoms with Crippen LogP contribution in [0.15, 0.2) is 42.5 Å². The lowest BCUT2D eigenvalue weighted by molar-refractivity contribution is 0.289. The molecule has 0 aliphatic rings. The molecule has 0 aliphatic carbocycles. The van der Waals surface area contributed by atoms with Gasteiger partial charge in [-0.1, -0.05) is 34.1 Å². The van der Waals surface area contributed by atoms with Gasteiger partial charge in [0.2, 0.25) is 0 Å². The monoisotopic (exact) mass is 324 g/mol. The van der Waals surface area contributed by atoms with Crippen LogP contribution in [0.3, 0.4) is 0 Å². The summed E-state index contributed by atoms with van der Waals surface area (Å²) in [5, 5.41) is 0.625. The molecule has 0 saturated heterocycles. The third-order valence-electron chi connectivity index (χ3n) is 2.68. The zero-order valence-corrected chi connectivity index (χ0v) is 12.1. The zero-order chi connectivity index (χ0) is 13.7. The zero-order valence-electron chi connectivity index (χ0n) is 10.5. The van der Waals surface area contributed by atoms with Gasteiger partial charge in [0.05, 0.1) is 7.11 Å². The van der Waals surface area contributed by atoms with Gasteiger partial charge in [0.15, 0.2) is 11.6 Å². The van der Waals surface area contributed by atoms with Gasteiger partial charge in [-0.15, -0.1) is 0 Å². The van der Waals surface area contributed by atoms with E-state index in [1.54, 1.807) is 13.2 Å². The number of hydrogen-bond acceptors (Lipinski definition) is 2. The number of rotatable bonds is 5. The van der Waals surface area contributed by atoms with Crippen LogP contribution in [-0.2, 0) is 11.9 Å². The Labute approximate surface area is 120 Å². The second-order valence-corrected chi connectivity index (χ2v) is 4.60. The van der Waals surface area contributed by atoms with E-state index in [9.17, 15) is 4.39 Å². The molecule has 0 amide bonds. The highest BCUT2D eigenvalue weighted by Crippen LogP contribution is 2.21. The van der Waals surface area contributed by atoms with E-state index >= 15 is 0 Å². The van der Waals surface area contributed by atoms with Crippen LogP contribution in [0.1, 0.15) is 11.1 Å². The molecule has 0 fully saturated rings. The number of halogens is 2. The number of methoxy groups -OCH3 is 1. The summed E-state index contributed by atoms with van der Waals surface area (Å²) in [5.41, 5.74) is 1.81. The Morgan fingerprint density at radius 1 is 1.11 bits per heavy atom. The van der Waals surface area contributed by atoms with Crippen molar-refractivity contribution in [2.45, 2.75) is 11.9 Å². The number of benzene rings is 2. The van der Waals surface area contributed by atoms with Crippen LogP contribution in [0, 0.1) is 5.82 Å². The quantitative estimate of drug-likeness (QED) is 0.763. The minimum absolute atomic E-state index is 0.257. The van der Waals surface area contributed by atoms with Gasteiger partial charge >= 0.3 is 0 Å². The molecule has 19 heavy (non-hydrogen) atoms. The minimum atomic E-state index is -0.347. The average Bonchev–Trinajstić information content (AvgIpc) is 2.46.